The second-order valence-electron chi connectivity index (χ2n) is 10.5. The van der Waals surface area contributed by atoms with Gasteiger partial charge in [0.05, 0.1) is 28.0 Å². The van der Waals surface area contributed by atoms with Crippen molar-refractivity contribution in [3.8, 4) is 28.2 Å². The fourth-order valence-electron chi connectivity index (χ4n) is 5.68. The van der Waals surface area contributed by atoms with Crippen molar-refractivity contribution >= 4 is 22.5 Å². The molecular formula is C30H26ClF3N6O. The van der Waals surface area contributed by atoms with Gasteiger partial charge in [-0.05, 0) is 90.9 Å². The Morgan fingerprint density at radius 2 is 1.83 bits per heavy atom. The smallest absolute Gasteiger partial charge is 0.356 e. The van der Waals surface area contributed by atoms with E-state index in [0.717, 1.165) is 61.4 Å². The zero-order valence-corrected chi connectivity index (χ0v) is 22.7. The van der Waals surface area contributed by atoms with Gasteiger partial charge < -0.3 is 10.1 Å². The summed E-state index contributed by atoms with van der Waals surface area (Å²) in [7, 11) is 0. The molecule has 1 atom stereocenters. The molecule has 1 N–H and O–H groups in total. The average Bonchev–Trinajstić information content (AvgIpc) is 3.62. The predicted molar refractivity (Wildman–Crippen MR) is 150 cm³/mol. The Balaban J connectivity index is 1.33. The highest BCUT2D eigenvalue weighted by atomic mass is 35.5. The number of rotatable bonds is 4. The van der Waals surface area contributed by atoms with Crippen molar-refractivity contribution in [2.45, 2.75) is 44.6 Å². The van der Waals surface area contributed by atoms with Crippen LogP contribution >= 0.6 is 11.6 Å². The first-order chi connectivity index (χ1) is 19.8. The molecule has 2 aromatic heterocycles. The van der Waals surface area contributed by atoms with Crippen LogP contribution in [0.3, 0.4) is 0 Å². The van der Waals surface area contributed by atoms with E-state index in [4.69, 9.17) is 21.4 Å². The SMILES string of the molecule is FC(F)(F)c1cc(-c2ccc3c(c2)c(-c2cn(-c4ccc5c(c4)CNCC5)nn2)nn3C2CCCCO2)ccc1Cl. The minimum Gasteiger partial charge on any atom is -0.356 e. The Bertz CT molecular complexity index is 1760. The Labute approximate surface area is 238 Å². The molecule has 1 fully saturated rings. The number of benzene rings is 3. The van der Waals surface area contributed by atoms with Gasteiger partial charge in [0.15, 0.2) is 6.23 Å². The summed E-state index contributed by atoms with van der Waals surface area (Å²) in [5, 5.41) is 17.6. The van der Waals surface area contributed by atoms with Crippen molar-refractivity contribution in [2.24, 2.45) is 0 Å². The summed E-state index contributed by atoms with van der Waals surface area (Å²) in [4.78, 5) is 0. The zero-order chi connectivity index (χ0) is 28.1. The molecule has 1 unspecified atom stereocenters. The van der Waals surface area contributed by atoms with Gasteiger partial charge in [-0.3, -0.25) is 0 Å². The number of nitrogens with zero attached hydrogens (tertiary/aromatic N) is 5. The first-order valence-corrected chi connectivity index (χ1v) is 14.0. The molecule has 0 bridgehead atoms. The summed E-state index contributed by atoms with van der Waals surface area (Å²) in [6.07, 6.45) is 0.870. The number of hydrogen-bond donors (Lipinski definition) is 1. The summed E-state index contributed by atoms with van der Waals surface area (Å²) in [5.41, 5.74) is 5.57. The normalized spacial score (nSPS) is 17.6. The third-order valence-corrected chi connectivity index (χ3v) is 8.15. The molecule has 0 amide bonds. The molecule has 11 heteroatoms. The fourth-order valence-corrected chi connectivity index (χ4v) is 5.90. The van der Waals surface area contributed by atoms with Crippen molar-refractivity contribution in [1.82, 2.24) is 30.1 Å². The van der Waals surface area contributed by atoms with E-state index in [-0.39, 0.29) is 11.3 Å². The maximum absolute atomic E-state index is 13.6. The van der Waals surface area contributed by atoms with E-state index in [2.05, 4.69) is 27.8 Å². The molecular weight excluding hydrogens is 553 g/mol. The first-order valence-electron chi connectivity index (χ1n) is 13.6. The Morgan fingerprint density at radius 3 is 2.66 bits per heavy atom. The number of nitrogens with one attached hydrogen (secondary N) is 1. The highest BCUT2D eigenvalue weighted by Crippen LogP contribution is 2.39. The van der Waals surface area contributed by atoms with E-state index in [1.165, 1.54) is 17.2 Å². The van der Waals surface area contributed by atoms with Gasteiger partial charge in [-0.2, -0.15) is 18.3 Å². The summed E-state index contributed by atoms with van der Waals surface area (Å²) in [6, 6.07) is 15.8. The third-order valence-electron chi connectivity index (χ3n) is 7.82. The number of aromatic nitrogens is 5. The van der Waals surface area contributed by atoms with Gasteiger partial charge in [-0.1, -0.05) is 35.0 Å². The molecule has 4 heterocycles. The third kappa shape index (κ3) is 4.90. The van der Waals surface area contributed by atoms with Gasteiger partial charge in [0.25, 0.3) is 0 Å². The van der Waals surface area contributed by atoms with E-state index in [1.54, 1.807) is 16.8 Å². The number of fused-ring (bicyclic) bond motifs is 2. The number of ether oxygens (including phenoxy) is 1. The van der Waals surface area contributed by atoms with E-state index in [9.17, 15) is 13.2 Å². The molecule has 0 saturated carbocycles. The van der Waals surface area contributed by atoms with Gasteiger partial charge in [0, 0.05) is 18.5 Å². The van der Waals surface area contributed by atoms with Gasteiger partial charge in [0.2, 0.25) is 0 Å². The lowest BCUT2D eigenvalue weighted by molar-refractivity contribution is -0.137. The summed E-state index contributed by atoms with van der Waals surface area (Å²) in [6.45, 7) is 2.42. The summed E-state index contributed by atoms with van der Waals surface area (Å²) < 4.78 is 50.4. The maximum Gasteiger partial charge on any atom is 0.417 e. The summed E-state index contributed by atoms with van der Waals surface area (Å²) >= 11 is 5.88. The van der Waals surface area contributed by atoms with E-state index in [0.29, 0.717) is 29.1 Å². The molecule has 2 aliphatic rings. The van der Waals surface area contributed by atoms with Crippen LogP contribution in [0.5, 0.6) is 0 Å². The molecule has 5 aromatic rings. The number of alkyl halides is 3. The van der Waals surface area contributed by atoms with Crippen LogP contribution in [0.4, 0.5) is 13.2 Å². The molecule has 3 aromatic carbocycles. The predicted octanol–water partition coefficient (Wildman–Crippen LogP) is 6.97. The lowest BCUT2D eigenvalue weighted by atomic mass is 10.00. The molecule has 1 saturated heterocycles. The minimum absolute atomic E-state index is 0.235. The van der Waals surface area contributed by atoms with E-state index >= 15 is 0 Å². The monoisotopic (exact) mass is 578 g/mol. The topological polar surface area (TPSA) is 69.8 Å². The molecule has 2 aliphatic heterocycles. The first kappa shape index (κ1) is 26.2. The van der Waals surface area contributed by atoms with Gasteiger partial charge in [0.1, 0.15) is 11.4 Å². The molecule has 41 heavy (non-hydrogen) atoms. The van der Waals surface area contributed by atoms with Crippen LogP contribution in [-0.2, 0) is 23.9 Å². The molecule has 0 aliphatic carbocycles. The van der Waals surface area contributed by atoms with Crippen LogP contribution in [0.25, 0.3) is 39.1 Å². The molecule has 0 radical (unpaired) electrons. The van der Waals surface area contributed by atoms with Gasteiger partial charge in [-0.25, -0.2) is 9.36 Å². The lowest BCUT2D eigenvalue weighted by Gasteiger charge is -2.23. The van der Waals surface area contributed by atoms with Crippen molar-refractivity contribution in [1.29, 1.82) is 0 Å². The van der Waals surface area contributed by atoms with Crippen molar-refractivity contribution < 1.29 is 17.9 Å². The number of halogens is 4. The van der Waals surface area contributed by atoms with E-state index in [1.807, 2.05) is 29.1 Å². The van der Waals surface area contributed by atoms with Crippen molar-refractivity contribution in [3.63, 3.8) is 0 Å². The Morgan fingerprint density at radius 1 is 0.976 bits per heavy atom. The Hall–Kier alpha value is -3.73. The van der Waals surface area contributed by atoms with Crippen LogP contribution in [0.1, 0.15) is 42.2 Å². The maximum atomic E-state index is 13.6. The van der Waals surface area contributed by atoms with Crippen LogP contribution in [-0.4, -0.2) is 37.9 Å². The zero-order valence-electron chi connectivity index (χ0n) is 22.0. The largest absolute Gasteiger partial charge is 0.417 e. The van der Waals surface area contributed by atoms with Gasteiger partial charge in [-0.15, -0.1) is 5.10 Å². The highest BCUT2D eigenvalue weighted by molar-refractivity contribution is 6.31. The van der Waals surface area contributed by atoms with Crippen LogP contribution in [0.15, 0.2) is 60.8 Å². The lowest BCUT2D eigenvalue weighted by Crippen LogP contribution is -2.23. The van der Waals surface area contributed by atoms with Crippen LogP contribution in [0.2, 0.25) is 5.02 Å². The number of hydrogen-bond acceptors (Lipinski definition) is 5. The standard InChI is InChI=1S/C30H26ClF3N6O/c31-25-8-5-20(15-24(25)30(32,33)34)19-6-9-27-23(14-19)29(37-40(27)28-3-1-2-12-41-28)26-17-39(38-36-26)22-7-4-18-10-11-35-16-21(18)13-22/h4-9,13-15,17,28,35H,1-3,10-12,16H2. The average molecular weight is 579 g/mol. The molecule has 7 rings (SSSR count). The van der Waals surface area contributed by atoms with Crippen LogP contribution < -0.4 is 5.32 Å². The molecule has 0 spiro atoms. The minimum atomic E-state index is -4.56. The van der Waals surface area contributed by atoms with Crippen molar-refractivity contribution in [3.05, 3.63) is 82.5 Å². The quantitative estimate of drug-likeness (QED) is 0.249. The highest BCUT2D eigenvalue weighted by Gasteiger charge is 2.33. The van der Waals surface area contributed by atoms with Crippen molar-refractivity contribution in [2.75, 3.05) is 13.2 Å². The van der Waals surface area contributed by atoms with E-state index < -0.39 is 11.7 Å². The van der Waals surface area contributed by atoms with Crippen LogP contribution in [0, 0.1) is 0 Å². The fraction of sp³-hybridized carbons (Fsp3) is 0.300. The summed E-state index contributed by atoms with van der Waals surface area (Å²) in [5.74, 6) is 0. The van der Waals surface area contributed by atoms with Gasteiger partial charge >= 0.3 is 6.18 Å². The second kappa shape index (κ2) is 10.3. The molecule has 7 nitrogen and oxygen atoms in total. The second-order valence-corrected chi connectivity index (χ2v) is 10.9. The Kier molecular flexibility index (Phi) is 6.56. The molecule has 210 valence electrons.